The maximum atomic E-state index is 12.6. The van der Waals surface area contributed by atoms with E-state index in [4.69, 9.17) is 5.10 Å². The van der Waals surface area contributed by atoms with E-state index in [2.05, 4.69) is 48.5 Å². The van der Waals surface area contributed by atoms with E-state index in [1.807, 2.05) is 69.5 Å². The summed E-state index contributed by atoms with van der Waals surface area (Å²) in [7, 11) is 0. The molecule has 4 nitrogen and oxygen atoms in total. The van der Waals surface area contributed by atoms with Gasteiger partial charge in [0.05, 0.1) is 27.5 Å². The SMILES string of the molecule is O=C(C[n+]1cccc(-c2cc(Cc3ccccc3)nn2-c2ccccc2)c1)c1cccs1.[Cl-]. The summed E-state index contributed by atoms with van der Waals surface area (Å²) in [4.78, 5) is 13.4. The van der Waals surface area contributed by atoms with Crippen LogP contribution in [0.25, 0.3) is 16.9 Å². The lowest BCUT2D eigenvalue weighted by atomic mass is 10.1. The molecular weight excluding hydrogens is 450 g/mol. The van der Waals surface area contributed by atoms with Crippen LogP contribution in [-0.2, 0) is 13.0 Å². The van der Waals surface area contributed by atoms with Crippen LogP contribution in [0.4, 0.5) is 0 Å². The van der Waals surface area contributed by atoms with Gasteiger partial charge in [-0.15, -0.1) is 11.3 Å². The summed E-state index contributed by atoms with van der Waals surface area (Å²) >= 11 is 1.48. The molecule has 0 bridgehead atoms. The Bertz CT molecular complexity index is 1330. The monoisotopic (exact) mass is 471 g/mol. The molecule has 0 saturated heterocycles. The van der Waals surface area contributed by atoms with Gasteiger partial charge in [0.15, 0.2) is 12.4 Å². The average molecular weight is 472 g/mol. The molecule has 164 valence electrons. The molecule has 0 radical (unpaired) electrons. The molecule has 0 unspecified atom stereocenters. The van der Waals surface area contributed by atoms with Crippen molar-refractivity contribution in [1.29, 1.82) is 0 Å². The second-order valence-electron chi connectivity index (χ2n) is 7.60. The number of nitrogens with zero attached hydrogens (tertiary/aromatic N) is 3. The second kappa shape index (κ2) is 10.4. The van der Waals surface area contributed by atoms with E-state index in [0.29, 0.717) is 6.54 Å². The van der Waals surface area contributed by atoms with Crippen LogP contribution >= 0.6 is 11.3 Å². The number of benzene rings is 2. The van der Waals surface area contributed by atoms with E-state index in [1.54, 1.807) is 0 Å². The Morgan fingerprint density at radius 2 is 1.67 bits per heavy atom. The van der Waals surface area contributed by atoms with Crippen molar-refractivity contribution in [1.82, 2.24) is 9.78 Å². The zero-order valence-electron chi connectivity index (χ0n) is 17.8. The number of Topliss-reactive ketones (excluding diaryl/α,β-unsaturated/α-hetero) is 1. The van der Waals surface area contributed by atoms with Crippen molar-refractivity contribution in [3.05, 3.63) is 125 Å². The number of rotatable bonds is 7. The van der Waals surface area contributed by atoms with Gasteiger partial charge >= 0.3 is 0 Å². The highest BCUT2D eigenvalue weighted by Gasteiger charge is 2.17. The molecule has 0 spiro atoms. The van der Waals surface area contributed by atoms with E-state index in [0.717, 1.165) is 33.9 Å². The molecule has 5 aromatic rings. The first-order valence-electron chi connectivity index (χ1n) is 10.5. The van der Waals surface area contributed by atoms with Gasteiger partial charge in [-0.25, -0.2) is 4.68 Å². The predicted octanol–water partition coefficient (Wildman–Crippen LogP) is 2.37. The van der Waals surface area contributed by atoms with Gasteiger partial charge in [-0.2, -0.15) is 9.67 Å². The fraction of sp³-hybridized carbons (Fsp3) is 0.0741. The maximum Gasteiger partial charge on any atom is 0.237 e. The molecule has 0 fully saturated rings. The van der Waals surface area contributed by atoms with Crippen molar-refractivity contribution in [2.24, 2.45) is 0 Å². The maximum absolute atomic E-state index is 12.6. The lowest BCUT2D eigenvalue weighted by Crippen LogP contribution is -3.00. The minimum Gasteiger partial charge on any atom is -1.00 e. The van der Waals surface area contributed by atoms with Gasteiger partial charge in [0, 0.05) is 12.5 Å². The molecular formula is C27H22ClN3OS. The number of ketones is 1. The molecule has 3 heterocycles. The molecule has 6 heteroatoms. The smallest absolute Gasteiger partial charge is 0.237 e. The van der Waals surface area contributed by atoms with Gasteiger partial charge < -0.3 is 12.4 Å². The quantitative estimate of drug-likeness (QED) is 0.270. The first-order valence-corrected chi connectivity index (χ1v) is 11.4. The predicted molar refractivity (Wildman–Crippen MR) is 127 cm³/mol. The van der Waals surface area contributed by atoms with Gasteiger partial charge in [0.1, 0.15) is 0 Å². The summed E-state index contributed by atoms with van der Waals surface area (Å²) in [6, 6.07) is 30.5. The Hall–Kier alpha value is -3.54. The Morgan fingerprint density at radius 1 is 0.909 bits per heavy atom. The lowest BCUT2D eigenvalue weighted by Gasteiger charge is -2.07. The number of halogens is 1. The fourth-order valence-corrected chi connectivity index (χ4v) is 4.40. The van der Waals surface area contributed by atoms with Crippen LogP contribution in [-0.4, -0.2) is 15.6 Å². The van der Waals surface area contributed by atoms with Crippen LogP contribution in [0, 0.1) is 0 Å². The van der Waals surface area contributed by atoms with Crippen molar-refractivity contribution in [2.45, 2.75) is 13.0 Å². The van der Waals surface area contributed by atoms with E-state index >= 15 is 0 Å². The van der Waals surface area contributed by atoms with Crippen LogP contribution in [0.3, 0.4) is 0 Å². The summed E-state index contributed by atoms with van der Waals surface area (Å²) < 4.78 is 3.93. The molecule has 0 aliphatic rings. The first-order chi connectivity index (χ1) is 15.8. The average Bonchev–Trinajstić information content (AvgIpc) is 3.51. The molecule has 0 aliphatic carbocycles. The molecule has 33 heavy (non-hydrogen) atoms. The third-order valence-electron chi connectivity index (χ3n) is 5.26. The topological polar surface area (TPSA) is 38.8 Å². The molecule has 0 aliphatic heterocycles. The number of carbonyl (C=O) groups excluding carboxylic acids is 1. The van der Waals surface area contributed by atoms with Gasteiger partial charge in [-0.05, 0) is 41.3 Å². The van der Waals surface area contributed by atoms with Gasteiger partial charge in [-0.3, -0.25) is 4.79 Å². The zero-order chi connectivity index (χ0) is 21.8. The number of para-hydroxylation sites is 1. The minimum atomic E-state index is 0. The van der Waals surface area contributed by atoms with Gasteiger partial charge in [0.25, 0.3) is 0 Å². The number of carbonyl (C=O) groups is 1. The number of aromatic nitrogens is 3. The molecule has 0 amide bonds. The van der Waals surface area contributed by atoms with Crippen LogP contribution in [0.5, 0.6) is 0 Å². The molecule has 0 atom stereocenters. The highest BCUT2D eigenvalue weighted by Crippen LogP contribution is 2.24. The first kappa shape index (κ1) is 22.6. The second-order valence-corrected chi connectivity index (χ2v) is 8.54. The summed E-state index contributed by atoms with van der Waals surface area (Å²) in [5.41, 5.74) is 5.25. The largest absolute Gasteiger partial charge is 1.00 e. The third-order valence-corrected chi connectivity index (χ3v) is 6.18. The fourth-order valence-electron chi connectivity index (χ4n) is 3.75. The van der Waals surface area contributed by atoms with Crippen LogP contribution in [0.15, 0.2) is 109 Å². The minimum absolute atomic E-state index is 0. The molecule has 2 aromatic carbocycles. The third kappa shape index (κ3) is 5.28. The lowest BCUT2D eigenvalue weighted by molar-refractivity contribution is -0.682. The van der Waals surface area contributed by atoms with Crippen LogP contribution < -0.4 is 17.0 Å². The number of pyridine rings is 1. The zero-order valence-corrected chi connectivity index (χ0v) is 19.4. The van der Waals surface area contributed by atoms with Crippen LogP contribution in [0.1, 0.15) is 20.9 Å². The van der Waals surface area contributed by atoms with E-state index in [1.165, 1.54) is 16.9 Å². The highest BCUT2D eigenvalue weighted by atomic mass is 35.5. The summed E-state index contributed by atoms with van der Waals surface area (Å²) in [6.45, 7) is 0.310. The van der Waals surface area contributed by atoms with Crippen molar-refractivity contribution in [3.63, 3.8) is 0 Å². The van der Waals surface area contributed by atoms with Gasteiger partial charge in [0.2, 0.25) is 12.3 Å². The summed E-state index contributed by atoms with van der Waals surface area (Å²) in [6.07, 6.45) is 4.72. The van der Waals surface area contributed by atoms with Crippen molar-refractivity contribution >= 4 is 17.1 Å². The Labute approximate surface area is 203 Å². The van der Waals surface area contributed by atoms with E-state index in [-0.39, 0.29) is 18.2 Å². The molecule has 0 saturated carbocycles. The number of hydrogen-bond donors (Lipinski definition) is 0. The molecule has 3 aromatic heterocycles. The Balaban J connectivity index is 0.00000259. The number of thiophene rings is 1. The molecule has 5 rings (SSSR count). The van der Waals surface area contributed by atoms with Crippen molar-refractivity contribution in [2.75, 3.05) is 0 Å². The number of hydrogen-bond acceptors (Lipinski definition) is 3. The van der Waals surface area contributed by atoms with E-state index < -0.39 is 0 Å². The van der Waals surface area contributed by atoms with E-state index in [9.17, 15) is 4.79 Å². The van der Waals surface area contributed by atoms with Crippen molar-refractivity contribution < 1.29 is 21.8 Å². The normalized spacial score (nSPS) is 10.5. The summed E-state index contributed by atoms with van der Waals surface area (Å²) in [5, 5.41) is 6.86. The molecule has 0 N–H and O–H groups in total. The highest BCUT2D eigenvalue weighted by molar-refractivity contribution is 7.12. The van der Waals surface area contributed by atoms with Crippen LogP contribution in [0.2, 0.25) is 0 Å². The van der Waals surface area contributed by atoms with Gasteiger partial charge in [-0.1, -0.05) is 54.6 Å². The Morgan fingerprint density at radius 3 is 2.39 bits per heavy atom. The van der Waals surface area contributed by atoms with Crippen molar-refractivity contribution in [3.8, 4) is 16.9 Å². The Kier molecular flexibility index (Phi) is 7.13. The summed E-state index contributed by atoms with van der Waals surface area (Å²) in [5.74, 6) is 0.114. The standard InChI is InChI=1S/C27H22N3OS.ClH/c31-26(27-14-8-16-32-27)20-29-15-7-11-22(19-29)25-18-23(17-21-9-3-1-4-10-21)28-30(25)24-12-5-2-6-13-24;/h1-16,18-19H,17,20H2;1H/q+1;/p-1.